The molecule has 2 aromatic carbocycles. The van der Waals surface area contributed by atoms with Crippen molar-refractivity contribution in [1.29, 1.82) is 0 Å². The Balaban J connectivity index is 1.65. The van der Waals surface area contributed by atoms with Crippen LogP contribution in [0.3, 0.4) is 0 Å². The van der Waals surface area contributed by atoms with Crippen LogP contribution >= 0.6 is 11.8 Å². The van der Waals surface area contributed by atoms with E-state index in [1.165, 1.54) is 18.9 Å². The maximum atomic E-state index is 13.8. The lowest BCUT2D eigenvalue weighted by atomic mass is 10.0. The molecule has 1 atom stereocenters. The van der Waals surface area contributed by atoms with Crippen molar-refractivity contribution < 1.29 is 19.1 Å². The van der Waals surface area contributed by atoms with Crippen LogP contribution in [0.15, 0.2) is 47.6 Å². The number of carbonyl (C=O) groups excluding carboxylic acids is 3. The highest BCUT2D eigenvalue weighted by Crippen LogP contribution is 2.54. The number of aryl methyl sites for hydroxylation is 2. The molecule has 3 amide bonds. The second-order valence-corrected chi connectivity index (χ2v) is 8.98. The number of thioether (sulfide) groups is 1. The van der Waals surface area contributed by atoms with E-state index in [2.05, 4.69) is 10.4 Å². The molecule has 4 rings (SSSR count). The lowest BCUT2D eigenvalue weighted by Crippen LogP contribution is -2.49. The molecule has 0 bridgehead atoms. The third-order valence-corrected chi connectivity index (χ3v) is 6.50. The summed E-state index contributed by atoms with van der Waals surface area (Å²) in [5.41, 5.74) is 3.45. The molecule has 1 N–H and O–H groups in total. The lowest BCUT2D eigenvalue weighted by Gasteiger charge is -2.29. The van der Waals surface area contributed by atoms with Gasteiger partial charge in [0, 0.05) is 19.4 Å². The molecule has 0 fully saturated rings. The second-order valence-electron chi connectivity index (χ2n) is 7.80. The standard InChI is InChI=1S/C23H24N4O4S/c1-14-5-8-18(9-6-14)31-12-11-26-20-10-7-15(2)13-19(20)23(21(26)30)27(17(4)29)25-22(32-23)24-16(3)28/h5-10,13H,11-12H2,1-4H3,(H,24,25,28)/t23-/m0/s1. The first-order valence-corrected chi connectivity index (χ1v) is 11.0. The van der Waals surface area contributed by atoms with Crippen molar-refractivity contribution in [3.8, 4) is 5.75 Å². The van der Waals surface area contributed by atoms with Gasteiger partial charge in [0.15, 0.2) is 5.17 Å². The predicted molar refractivity (Wildman–Crippen MR) is 123 cm³/mol. The minimum atomic E-state index is -1.39. The van der Waals surface area contributed by atoms with Crippen LogP contribution < -0.4 is 15.0 Å². The molecule has 0 unspecified atom stereocenters. The summed E-state index contributed by atoms with van der Waals surface area (Å²) < 4.78 is 5.84. The van der Waals surface area contributed by atoms with Gasteiger partial charge in [-0.2, -0.15) is 5.01 Å². The highest BCUT2D eigenvalue weighted by atomic mass is 32.2. The average Bonchev–Trinajstić information content (AvgIpc) is 3.21. The smallest absolute Gasteiger partial charge is 0.270 e. The number of amidine groups is 1. The summed E-state index contributed by atoms with van der Waals surface area (Å²) >= 11 is 1.07. The molecule has 0 aromatic heterocycles. The van der Waals surface area contributed by atoms with Crippen molar-refractivity contribution in [2.24, 2.45) is 5.10 Å². The molecule has 0 aliphatic carbocycles. The first kappa shape index (κ1) is 21.9. The summed E-state index contributed by atoms with van der Waals surface area (Å²) in [5, 5.41) is 8.26. The number of benzene rings is 2. The SMILES string of the molecule is CC(=O)NC1=NN(C(C)=O)[C@@]2(S1)C(=O)N(CCOc1ccc(C)cc1)c1ccc(C)cc12. The fourth-order valence-corrected chi connectivity index (χ4v) is 5.16. The monoisotopic (exact) mass is 452 g/mol. The maximum Gasteiger partial charge on any atom is 0.270 e. The van der Waals surface area contributed by atoms with Crippen molar-refractivity contribution in [3.05, 3.63) is 59.2 Å². The fraction of sp³-hybridized carbons (Fsp3) is 0.304. The Bertz CT molecular complexity index is 1130. The molecular weight excluding hydrogens is 428 g/mol. The number of carbonyl (C=O) groups is 3. The minimum Gasteiger partial charge on any atom is -0.492 e. The Kier molecular flexibility index (Phi) is 5.68. The van der Waals surface area contributed by atoms with E-state index in [0.717, 1.165) is 28.6 Å². The summed E-state index contributed by atoms with van der Waals surface area (Å²) in [5.74, 6) is -0.292. The van der Waals surface area contributed by atoms with Gasteiger partial charge >= 0.3 is 0 Å². The summed E-state index contributed by atoms with van der Waals surface area (Å²) in [6.45, 7) is 7.22. The number of hydrogen-bond donors (Lipinski definition) is 1. The van der Waals surface area contributed by atoms with E-state index in [4.69, 9.17) is 4.74 Å². The van der Waals surface area contributed by atoms with Gasteiger partial charge in [-0.3, -0.25) is 14.4 Å². The lowest BCUT2D eigenvalue weighted by molar-refractivity contribution is -0.139. The molecule has 0 radical (unpaired) electrons. The highest BCUT2D eigenvalue weighted by molar-refractivity contribution is 8.15. The van der Waals surface area contributed by atoms with E-state index in [1.54, 1.807) is 4.90 Å². The van der Waals surface area contributed by atoms with Crippen LogP contribution in [0.5, 0.6) is 5.75 Å². The van der Waals surface area contributed by atoms with E-state index < -0.39 is 10.8 Å². The fourth-order valence-electron chi connectivity index (χ4n) is 3.84. The minimum absolute atomic E-state index is 0.214. The summed E-state index contributed by atoms with van der Waals surface area (Å²) in [7, 11) is 0. The number of nitrogens with one attached hydrogen (secondary N) is 1. The van der Waals surface area contributed by atoms with Crippen LogP contribution in [0.25, 0.3) is 0 Å². The van der Waals surface area contributed by atoms with Crippen LogP contribution in [0.2, 0.25) is 0 Å². The number of hydrazone groups is 1. The zero-order chi connectivity index (χ0) is 23.0. The Morgan fingerprint density at radius 3 is 2.44 bits per heavy atom. The largest absolute Gasteiger partial charge is 0.492 e. The molecule has 1 spiro atoms. The quantitative estimate of drug-likeness (QED) is 0.770. The van der Waals surface area contributed by atoms with Crippen molar-refractivity contribution in [1.82, 2.24) is 10.3 Å². The number of amides is 3. The van der Waals surface area contributed by atoms with Gasteiger partial charge in [-0.05, 0) is 43.8 Å². The average molecular weight is 453 g/mol. The van der Waals surface area contributed by atoms with Crippen molar-refractivity contribution >= 4 is 40.3 Å². The maximum absolute atomic E-state index is 13.8. The Morgan fingerprint density at radius 1 is 1.09 bits per heavy atom. The number of nitrogens with zero attached hydrogens (tertiary/aromatic N) is 3. The van der Waals surface area contributed by atoms with Crippen molar-refractivity contribution in [2.75, 3.05) is 18.1 Å². The number of fused-ring (bicyclic) bond motifs is 2. The van der Waals surface area contributed by atoms with Gasteiger partial charge < -0.3 is 15.0 Å². The first-order chi connectivity index (χ1) is 15.2. The van der Waals surface area contributed by atoms with Crippen LogP contribution in [-0.2, 0) is 19.3 Å². The van der Waals surface area contributed by atoms with Gasteiger partial charge in [-0.15, -0.1) is 5.10 Å². The van der Waals surface area contributed by atoms with E-state index in [-0.39, 0.29) is 23.6 Å². The molecule has 166 valence electrons. The van der Waals surface area contributed by atoms with E-state index in [9.17, 15) is 14.4 Å². The zero-order valence-corrected chi connectivity index (χ0v) is 19.2. The summed E-state index contributed by atoms with van der Waals surface area (Å²) in [4.78, 5) is 38.1. The molecule has 8 nitrogen and oxygen atoms in total. The highest BCUT2D eigenvalue weighted by Gasteiger charge is 2.61. The number of rotatable bonds is 4. The molecule has 2 aliphatic heterocycles. The van der Waals surface area contributed by atoms with Crippen LogP contribution in [0, 0.1) is 13.8 Å². The number of hydrogen-bond acceptors (Lipinski definition) is 6. The predicted octanol–water partition coefficient (Wildman–Crippen LogP) is 2.88. The van der Waals surface area contributed by atoms with Gasteiger partial charge in [0.05, 0.1) is 12.2 Å². The van der Waals surface area contributed by atoms with Crippen molar-refractivity contribution in [2.45, 2.75) is 32.6 Å². The molecule has 9 heteroatoms. The van der Waals surface area contributed by atoms with E-state index in [0.29, 0.717) is 17.8 Å². The number of ether oxygens (including phenoxy) is 1. The molecule has 0 saturated carbocycles. The van der Waals surface area contributed by atoms with Gasteiger partial charge in [0.2, 0.25) is 16.7 Å². The molecule has 0 saturated heterocycles. The van der Waals surface area contributed by atoms with Crippen LogP contribution in [-0.4, -0.2) is 41.0 Å². The Hall–Kier alpha value is -3.33. The third-order valence-electron chi connectivity index (χ3n) is 5.26. The first-order valence-electron chi connectivity index (χ1n) is 10.2. The number of anilines is 1. The third kappa shape index (κ3) is 3.73. The molecular formula is C23H24N4O4S. The van der Waals surface area contributed by atoms with Crippen LogP contribution in [0.4, 0.5) is 5.69 Å². The normalized spacial score (nSPS) is 19.2. The molecule has 2 aliphatic rings. The second kappa shape index (κ2) is 8.31. The molecule has 2 aromatic rings. The van der Waals surface area contributed by atoms with Gasteiger partial charge in [0.1, 0.15) is 12.4 Å². The molecule has 2 heterocycles. The van der Waals surface area contributed by atoms with Gasteiger partial charge in [-0.25, -0.2) is 0 Å². The van der Waals surface area contributed by atoms with Crippen LogP contribution in [0.1, 0.15) is 30.5 Å². The van der Waals surface area contributed by atoms with Crippen molar-refractivity contribution in [3.63, 3.8) is 0 Å². The van der Waals surface area contributed by atoms with Gasteiger partial charge in [0.25, 0.3) is 5.91 Å². The topological polar surface area (TPSA) is 91.3 Å². The summed E-state index contributed by atoms with van der Waals surface area (Å²) in [6, 6.07) is 13.4. The Morgan fingerprint density at radius 2 is 1.78 bits per heavy atom. The van der Waals surface area contributed by atoms with Gasteiger partial charge in [-0.1, -0.05) is 35.4 Å². The summed E-state index contributed by atoms with van der Waals surface area (Å²) in [6.07, 6.45) is 0. The zero-order valence-electron chi connectivity index (χ0n) is 18.3. The van der Waals surface area contributed by atoms with E-state index >= 15 is 0 Å². The Labute approximate surface area is 190 Å². The van der Waals surface area contributed by atoms with E-state index in [1.807, 2.05) is 56.3 Å². The molecule has 32 heavy (non-hydrogen) atoms.